The number of H-pyrrole nitrogens is 1. The fourth-order valence-electron chi connectivity index (χ4n) is 2.75. The Kier molecular flexibility index (Phi) is 4.84. The average molecular weight is 369 g/mol. The van der Waals surface area contributed by atoms with E-state index in [4.69, 9.17) is 0 Å². The smallest absolute Gasteiger partial charge is 0.328 e. The van der Waals surface area contributed by atoms with Crippen molar-refractivity contribution in [1.29, 1.82) is 0 Å². The number of carbonyl (C=O) groups is 1. The lowest BCUT2D eigenvalue weighted by Gasteiger charge is -2.21. The lowest BCUT2D eigenvalue weighted by atomic mass is 9.95. The summed E-state index contributed by atoms with van der Waals surface area (Å²) in [6.45, 7) is 3.98. The molecule has 3 rings (SSSR count). The van der Waals surface area contributed by atoms with Crippen LogP contribution in [0.5, 0.6) is 0 Å². The number of amides is 1. The summed E-state index contributed by atoms with van der Waals surface area (Å²) in [5, 5.41) is 9.52. The van der Waals surface area contributed by atoms with Crippen LogP contribution in [0.15, 0.2) is 35.3 Å². The van der Waals surface area contributed by atoms with Gasteiger partial charge in [0, 0.05) is 43.8 Å². The van der Waals surface area contributed by atoms with Crippen LogP contribution in [0.25, 0.3) is 22.6 Å². The molecule has 0 fully saturated rings. The third kappa shape index (κ3) is 3.75. The molecule has 0 atom stereocenters. The van der Waals surface area contributed by atoms with Gasteiger partial charge in [0.15, 0.2) is 11.3 Å². The number of aliphatic hydroxyl groups excluding tert-OH is 1. The zero-order valence-corrected chi connectivity index (χ0v) is 15.9. The molecule has 1 aromatic carbocycles. The van der Waals surface area contributed by atoms with Gasteiger partial charge in [-0.25, -0.2) is 14.8 Å². The van der Waals surface area contributed by atoms with Crippen molar-refractivity contribution in [2.45, 2.75) is 20.4 Å². The number of aromatic amines is 1. The summed E-state index contributed by atoms with van der Waals surface area (Å²) in [7, 11) is 3.39. The first-order valence-corrected chi connectivity index (χ1v) is 8.60. The predicted octanol–water partition coefficient (Wildman–Crippen LogP) is 1.51. The second-order valence-electron chi connectivity index (χ2n) is 7.55. The Hall–Kier alpha value is -3.00. The van der Waals surface area contributed by atoms with Crippen LogP contribution < -0.4 is 5.69 Å². The number of nitrogens with one attached hydrogen (secondary N) is 1. The van der Waals surface area contributed by atoms with Crippen LogP contribution in [0.3, 0.4) is 0 Å². The molecule has 2 heterocycles. The van der Waals surface area contributed by atoms with E-state index in [9.17, 15) is 14.7 Å². The normalized spacial score (nSPS) is 11.7. The number of fused-ring (bicyclic) bond motifs is 1. The van der Waals surface area contributed by atoms with E-state index in [2.05, 4.69) is 15.0 Å². The summed E-state index contributed by atoms with van der Waals surface area (Å²) in [6, 6.07) is 7.13. The fraction of sp³-hybridized carbons (Fsp3) is 0.368. The first-order valence-electron chi connectivity index (χ1n) is 8.60. The highest BCUT2D eigenvalue weighted by Crippen LogP contribution is 2.22. The number of nitrogens with zero attached hydrogens (tertiary/aromatic N) is 4. The molecule has 0 aliphatic carbocycles. The van der Waals surface area contributed by atoms with Crippen molar-refractivity contribution in [3.8, 4) is 11.3 Å². The maximum absolute atomic E-state index is 12.3. The molecule has 0 aliphatic rings. The molecule has 2 N–H and O–H groups in total. The summed E-state index contributed by atoms with van der Waals surface area (Å²) in [5.41, 5.74) is 1.85. The molecular formula is C19H23N5O3. The van der Waals surface area contributed by atoms with E-state index in [0.717, 1.165) is 5.56 Å². The quantitative estimate of drug-likeness (QED) is 0.709. The molecule has 0 unspecified atom stereocenters. The van der Waals surface area contributed by atoms with Crippen LogP contribution in [0.2, 0.25) is 0 Å². The topological polar surface area (TPSA) is 104 Å². The first-order chi connectivity index (χ1) is 12.7. The fourth-order valence-corrected chi connectivity index (χ4v) is 2.75. The average Bonchev–Trinajstić information content (AvgIpc) is 2.95. The van der Waals surface area contributed by atoms with Gasteiger partial charge in [0.05, 0.1) is 11.9 Å². The second kappa shape index (κ2) is 6.96. The Bertz CT molecular complexity index is 1050. The molecule has 0 saturated carbocycles. The van der Waals surface area contributed by atoms with Crippen molar-refractivity contribution < 1.29 is 9.90 Å². The van der Waals surface area contributed by atoms with Crippen molar-refractivity contribution >= 4 is 17.2 Å². The molecule has 0 bridgehead atoms. The Morgan fingerprint density at radius 3 is 2.74 bits per heavy atom. The summed E-state index contributed by atoms with van der Waals surface area (Å²) >= 11 is 0. The number of rotatable bonds is 5. The van der Waals surface area contributed by atoms with Gasteiger partial charge in [-0.1, -0.05) is 26.0 Å². The van der Waals surface area contributed by atoms with Crippen LogP contribution in [0.4, 0.5) is 0 Å². The Balaban J connectivity index is 2.08. The van der Waals surface area contributed by atoms with Gasteiger partial charge in [-0.3, -0.25) is 14.3 Å². The van der Waals surface area contributed by atoms with Gasteiger partial charge in [-0.2, -0.15) is 0 Å². The van der Waals surface area contributed by atoms with Gasteiger partial charge in [-0.15, -0.1) is 0 Å². The van der Waals surface area contributed by atoms with Crippen LogP contribution in [0.1, 0.15) is 24.2 Å². The van der Waals surface area contributed by atoms with E-state index in [1.54, 1.807) is 38.5 Å². The molecule has 3 aromatic rings. The lowest BCUT2D eigenvalue weighted by molar-refractivity contribution is 0.0827. The Morgan fingerprint density at radius 2 is 2.07 bits per heavy atom. The van der Waals surface area contributed by atoms with E-state index in [-0.39, 0.29) is 18.2 Å². The molecule has 1 amide bonds. The monoisotopic (exact) mass is 369 g/mol. The standard InChI is InChI=1S/C19H23N5O3/c1-19(2,11-25)10-24-16-15(22-18(24)27)20-9-14(21-16)12-6-5-7-13(8-12)17(26)23(3)4/h5-9,25H,10-11H2,1-4H3,(H,20,22,27). The molecule has 0 radical (unpaired) electrons. The van der Waals surface area contributed by atoms with E-state index < -0.39 is 5.41 Å². The molecule has 142 valence electrons. The number of aromatic nitrogens is 4. The van der Waals surface area contributed by atoms with Crippen molar-refractivity contribution in [2.75, 3.05) is 20.7 Å². The van der Waals surface area contributed by atoms with E-state index in [1.165, 1.54) is 9.47 Å². The largest absolute Gasteiger partial charge is 0.396 e. The minimum absolute atomic E-state index is 0.0616. The number of benzene rings is 1. The highest BCUT2D eigenvalue weighted by atomic mass is 16.3. The number of carbonyl (C=O) groups excluding carboxylic acids is 1. The Morgan fingerprint density at radius 1 is 1.33 bits per heavy atom. The summed E-state index contributed by atoms with van der Waals surface area (Å²) in [6.07, 6.45) is 1.57. The molecule has 8 heteroatoms. The van der Waals surface area contributed by atoms with E-state index in [0.29, 0.717) is 29.1 Å². The van der Waals surface area contributed by atoms with Crippen molar-refractivity contribution in [3.05, 3.63) is 46.5 Å². The maximum atomic E-state index is 12.3. The third-order valence-electron chi connectivity index (χ3n) is 4.31. The second-order valence-corrected chi connectivity index (χ2v) is 7.55. The predicted molar refractivity (Wildman–Crippen MR) is 102 cm³/mol. The van der Waals surface area contributed by atoms with Crippen LogP contribution in [0, 0.1) is 5.41 Å². The highest BCUT2D eigenvalue weighted by Gasteiger charge is 2.21. The molecule has 0 aliphatic heterocycles. The first kappa shape index (κ1) is 18.8. The minimum Gasteiger partial charge on any atom is -0.396 e. The summed E-state index contributed by atoms with van der Waals surface area (Å²) in [4.78, 5) is 37.6. The molecule has 2 aromatic heterocycles. The molecular weight excluding hydrogens is 346 g/mol. The van der Waals surface area contributed by atoms with Crippen molar-refractivity contribution in [2.24, 2.45) is 5.41 Å². The van der Waals surface area contributed by atoms with Crippen LogP contribution >= 0.6 is 0 Å². The van der Waals surface area contributed by atoms with E-state index >= 15 is 0 Å². The molecule has 27 heavy (non-hydrogen) atoms. The SMILES string of the molecule is CN(C)C(=O)c1cccc(-c2cnc3[nH]c(=O)n(CC(C)(C)CO)c3n2)c1. The van der Waals surface area contributed by atoms with Gasteiger partial charge in [0.25, 0.3) is 5.91 Å². The van der Waals surface area contributed by atoms with Crippen LogP contribution in [-0.4, -0.2) is 56.1 Å². The van der Waals surface area contributed by atoms with Gasteiger partial charge < -0.3 is 10.0 Å². The van der Waals surface area contributed by atoms with Gasteiger partial charge in [-0.05, 0) is 12.1 Å². The highest BCUT2D eigenvalue weighted by molar-refractivity contribution is 5.95. The number of hydrogen-bond acceptors (Lipinski definition) is 5. The minimum atomic E-state index is -0.477. The molecule has 8 nitrogen and oxygen atoms in total. The Labute approximate surface area is 156 Å². The molecule has 0 spiro atoms. The number of hydrogen-bond donors (Lipinski definition) is 2. The van der Waals surface area contributed by atoms with Crippen LogP contribution in [-0.2, 0) is 6.54 Å². The maximum Gasteiger partial charge on any atom is 0.328 e. The zero-order valence-electron chi connectivity index (χ0n) is 15.9. The number of aliphatic hydroxyl groups is 1. The van der Waals surface area contributed by atoms with Gasteiger partial charge in [0.2, 0.25) is 0 Å². The van der Waals surface area contributed by atoms with Gasteiger partial charge in [0.1, 0.15) is 0 Å². The number of imidazole rings is 1. The lowest BCUT2D eigenvalue weighted by Crippen LogP contribution is -2.29. The van der Waals surface area contributed by atoms with E-state index in [1.807, 2.05) is 19.9 Å². The van der Waals surface area contributed by atoms with Crippen molar-refractivity contribution in [1.82, 2.24) is 24.4 Å². The third-order valence-corrected chi connectivity index (χ3v) is 4.31. The molecule has 0 saturated heterocycles. The van der Waals surface area contributed by atoms with Gasteiger partial charge >= 0.3 is 5.69 Å². The van der Waals surface area contributed by atoms with Crippen molar-refractivity contribution in [3.63, 3.8) is 0 Å². The summed E-state index contributed by atoms with van der Waals surface area (Å²) in [5.74, 6) is -0.103. The zero-order chi connectivity index (χ0) is 19.8. The summed E-state index contributed by atoms with van der Waals surface area (Å²) < 4.78 is 1.48.